The van der Waals surface area contributed by atoms with Gasteiger partial charge in [0, 0.05) is 49.8 Å². The maximum absolute atomic E-state index is 6.04. The van der Waals surface area contributed by atoms with E-state index in [0.29, 0.717) is 0 Å². The van der Waals surface area contributed by atoms with Crippen molar-refractivity contribution in [1.82, 2.24) is 15.1 Å². The largest absolute Gasteiger partial charge is 0.315 e. The van der Waals surface area contributed by atoms with Gasteiger partial charge in [0.2, 0.25) is 0 Å². The van der Waals surface area contributed by atoms with Crippen molar-refractivity contribution < 1.29 is 0 Å². The van der Waals surface area contributed by atoms with E-state index in [0.717, 1.165) is 35.2 Å². The molecule has 2 aliphatic heterocycles. The monoisotopic (exact) mass is 393 g/mol. The van der Waals surface area contributed by atoms with E-state index < -0.39 is 0 Å². The quantitative estimate of drug-likeness (QED) is 0.849. The summed E-state index contributed by atoms with van der Waals surface area (Å²) in [6.07, 6.45) is 1.31. The Kier molecular flexibility index (Phi) is 6.79. The maximum atomic E-state index is 6.04. The standard InChI is InChI=1S/C15H21BrClN3.ClH/c16-14-9-12(1-2-15(14)17)11-19-5-7-20(8-6-19)13-3-4-18-10-13;/h1-2,9,13,18H,3-8,10-11H2;1H. The minimum absolute atomic E-state index is 0. The summed E-state index contributed by atoms with van der Waals surface area (Å²) in [6.45, 7) is 8.09. The van der Waals surface area contributed by atoms with Crippen LogP contribution in [0.3, 0.4) is 0 Å². The lowest BCUT2D eigenvalue weighted by atomic mass is 10.1. The summed E-state index contributed by atoms with van der Waals surface area (Å²) in [4.78, 5) is 5.18. The highest BCUT2D eigenvalue weighted by atomic mass is 79.9. The topological polar surface area (TPSA) is 18.5 Å². The van der Waals surface area contributed by atoms with E-state index >= 15 is 0 Å². The van der Waals surface area contributed by atoms with Crippen molar-refractivity contribution in [2.75, 3.05) is 39.3 Å². The van der Waals surface area contributed by atoms with E-state index in [9.17, 15) is 0 Å². The second kappa shape index (κ2) is 8.14. The van der Waals surface area contributed by atoms with Crippen LogP contribution in [-0.4, -0.2) is 55.1 Å². The molecule has 21 heavy (non-hydrogen) atoms. The minimum atomic E-state index is 0. The molecule has 6 heteroatoms. The lowest BCUT2D eigenvalue weighted by molar-refractivity contribution is 0.0981. The molecule has 1 aromatic rings. The van der Waals surface area contributed by atoms with Crippen LogP contribution < -0.4 is 5.32 Å². The summed E-state index contributed by atoms with van der Waals surface area (Å²) in [5.74, 6) is 0. The molecular weight excluding hydrogens is 373 g/mol. The van der Waals surface area contributed by atoms with E-state index in [-0.39, 0.29) is 12.4 Å². The highest BCUT2D eigenvalue weighted by molar-refractivity contribution is 9.10. The molecule has 3 rings (SSSR count). The molecule has 1 N–H and O–H groups in total. The van der Waals surface area contributed by atoms with Gasteiger partial charge in [-0.3, -0.25) is 9.80 Å². The van der Waals surface area contributed by atoms with Gasteiger partial charge in [0.15, 0.2) is 0 Å². The van der Waals surface area contributed by atoms with Crippen LogP contribution in [0.1, 0.15) is 12.0 Å². The normalized spacial score (nSPS) is 24.0. The molecule has 0 radical (unpaired) electrons. The average Bonchev–Trinajstić information content (AvgIpc) is 2.98. The number of piperazine rings is 1. The Morgan fingerprint density at radius 2 is 2.00 bits per heavy atom. The zero-order chi connectivity index (χ0) is 13.9. The highest BCUT2D eigenvalue weighted by Crippen LogP contribution is 2.24. The summed E-state index contributed by atoms with van der Waals surface area (Å²) in [6, 6.07) is 7.00. The predicted molar refractivity (Wildman–Crippen MR) is 94.5 cm³/mol. The summed E-state index contributed by atoms with van der Waals surface area (Å²) < 4.78 is 0.993. The van der Waals surface area contributed by atoms with Crippen molar-refractivity contribution in [3.8, 4) is 0 Å². The van der Waals surface area contributed by atoms with E-state index in [4.69, 9.17) is 11.6 Å². The van der Waals surface area contributed by atoms with Gasteiger partial charge >= 0.3 is 0 Å². The Balaban J connectivity index is 0.00000161. The van der Waals surface area contributed by atoms with Crippen molar-refractivity contribution in [3.63, 3.8) is 0 Å². The van der Waals surface area contributed by atoms with Crippen LogP contribution in [0.5, 0.6) is 0 Å². The van der Waals surface area contributed by atoms with Crippen molar-refractivity contribution in [2.24, 2.45) is 0 Å². The van der Waals surface area contributed by atoms with Gasteiger partial charge in [-0.1, -0.05) is 17.7 Å². The molecule has 0 saturated carbocycles. The smallest absolute Gasteiger partial charge is 0.0548 e. The van der Waals surface area contributed by atoms with Crippen LogP contribution in [-0.2, 0) is 6.54 Å². The van der Waals surface area contributed by atoms with Crippen molar-refractivity contribution in [1.29, 1.82) is 0 Å². The summed E-state index contributed by atoms with van der Waals surface area (Å²) in [7, 11) is 0. The third-order valence-electron chi connectivity index (χ3n) is 4.35. The summed E-state index contributed by atoms with van der Waals surface area (Å²) in [5, 5.41) is 4.24. The Hall–Kier alpha value is 0.160. The van der Waals surface area contributed by atoms with Crippen molar-refractivity contribution in [3.05, 3.63) is 33.3 Å². The Labute approximate surface area is 146 Å². The Morgan fingerprint density at radius 3 is 2.62 bits per heavy atom. The fourth-order valence-electron chi connectivity index (χ4n) is 3.13. The van der Waals surface area contributed by atoms with Crippen LogP contribution >= 0.6 is 39.9 Å². The molecule has 0 spiro atoms. The van der Waals surface area contributed by atoms with Crippen LogP contribution in [0.2, 0.25) is 5.02 Å². The highest BCUT2D eigenvalue weighted by Gasteiger charge is 2.25. The molecule has 0 aliphatic carbocycles. The summed E-state index contributed by atoms with van der Waals surface area (Å²) in [5.41, 5.74) is 1.33. The van der Waals surface area contributed by atoms with Crippen LogP contribution in [0.4, 0.5) is 0 Å². The lowest BCUT2D eigenvalue weighted by Gasteiger charge is -2.37. The first-order valence-electron chi connectivity index (χ1n) is 7.33. The number of hydrogen-bond donors (Lipinski definition) is 1. The van der Waals surface area contributed by atoms with Crippen LogP contribution in [0, 0.1) is 0 Å². The van der Waals surface area contributed by atoms with Gasteiger partial charge in [0.1, 0.15) is 0 Å². The van der Waals surface area contributed by atoms with E-state index in [2.05, 4.69) is 43.2 Å². The van der Waals surface area contributed by atoms with E-state index in [1.54, 1.807) is 0 Å². The molecular formula is C15H22BrCl2N3. The molecule has 0 aromatic heterocycles. The second-order valence-electron chi connectivity index (χ2n) is 5.71. The molecule has 1 unspecified atom stereocenters. The molecule has 2 heterocycles. The number of hydrogen-bond acceptors (Lipinski definition) is 3. The Bertz CT molecular complexity index is 458. The Morgan fingerprint density at radius 1 is 1.24 bits per heavy atom. The minimum Gasteiger partial charge on any atom is -0.315 e. The summed E-state index contributed by atoms with van der Waals surface area (Å²) >= 11 is 9.54. The van der Waals surface area contributed by atoms with Gasteiger partial charge in [0.25, 0.3) is 0 Å². The third-order valence-corrected chi connectivity index (χ3v) is 5.56. The molecule has 2 saturated heterocycles. The van der Waals surface area contributed by atoms with Crippen LogP contribution in [0.25, 0.3) is 0 Å². The molecule has 2 aliphatic rings. The van der Waals surface area contributed by atoms with E-state index in [1.807, 2.05) is 6.07 Å². The first kappa shape index (κ1) is 17.5. The number of halogens is 3. The number of rotatable bonds is 3. The molecule has 1 aromatic carbocycles. The molecule has 2 fully saturated rings. The van der Waals surface area contributed by atoms with Gasteiger partial charge in [-0.2, -0.15) is 0 Å². The zero-order valence-electron chi connectivity index (χ0n) is 12.0. The maximum Gasteiger partial charge on any atom is 0.0548 e. The molecule has 0 bridgehead atoms. The van der Waals surface area contributed by atoms with Gasteiger partial charge < -0.3 is 5.32 Å². The fourth-order valence-corrected chi connectivity index (χ4v) is 3.68. The molecule has 3 nitrogen and oxygen atoms in total. The van der Waals surface area contributed by atoms with Crippen molar-refractivity contribution in [2.45, 2.75) is 19.0 Å². The van der Waals surface area contributed by atoms with E-state index in [1.165, 1.54) is 38.2 Å². The fraction of sp³-hybridized carbons (Fsp3) is 0.600. The lowest BCUT2D eigenvalue weighted by Crippen LogP contribution is -2.50. The van der Waals surface area contributed by atoms with Gasteiger partial charge in [0.05, 0.1) is 5.02 Å². The first-order valence-corrected chi connectivity index (χ1v) is 8.50. The van der Waals surface area contributed by atoms with Gasteiger partial charge in [-0.25, -0.2) is 0 Å². The number of benzene rings is 1. The predicted octanol–water partition coefficient (Wildman–Crippen LogP) is 3.00. The number of nitrogens with zero attached hydrogens (tertiary/aromatic N) is 2. The average molecular weight is 395 g/mol. The first-order chi connectivity index (χ1) is 9.72. The second-order valence-corrected chi connectivity index (χ2v) is 6.97. The zero-order valence-corrected chi connectivity index (χ0v) is 15.2. The molecule has 118 valence electrons. The van der Waals surface area contributed by atoms with Crippen molar-refractivity contribution >= 4 is 39.9 Å². The van der Waals surface area contributed by atoms with Gasteiger partial charge in [-0.15, -0.1) is 12.4 Å². The van der Waals surface area contributed by atoms with Gasteiger partial charge in [-0.05, 0) is 46.6 Å². The SMILES string of the molecule is Cl.Clc1ccc(CN2CCN(C3CCNC3)CC2)cc1Br. The number of nitrogens with one attached hydrogen (secondary N) is 1. The molecule has 1 atom stereocenters. The third kappa shape index (κ3) is 4.57. The molecule has 0 amide bonds. The van der Waals surface area contributed by atoms with Crippen LogP contribution in [0.15, 0.2) is 22.7 Å².